The molecule has 6 heterocycles. The van der Waals surface area contributed by atoms with Crippen molar-refractivity contribution in [1.29, 1.82) is 5.26 Å². The Morgan fingerprint density at radius 3 is 2.07 bits per heavy atom. The zero-order valence-corrected chi connectivity index (χ0v) is 35.5. The molecule has 12 aromatic rings. The van der Waals surface area contributed by atoms with Gasteiger partial charge in [0.2, 0.25) is 0 Å². The van der Waals surface area contributed by atoms with Gasteiger partial charge < -0.3 is 13.7 Å². The minimum atomic E-state index is -0.0724. The van der Waals surface area contributed by atoms with E-state index in [0.717, 1.165) is 49.9 Å². The Morgan fingerprint density at radius 1 is 0.639 bits per heavy atom. The Hall–Kier alpha value is -7.33. The number of rotatable bonds is 5. The van der Waals surface area contributed by atoms with Gasteiger partial charge in [0.15, 0.2) is 0 Å². The van der Waals surface area contributed by atoms with Gasteiger partial charge in [0.1, 0.15) is 5.82 Å². The molecule has 0 fully saturated rings. The van der Waals surface area contributed by atoms with Crippen LogP contribution in [0.25, 0.3) is 88.3 Å². The van der Waals surface area contributed by atoms with Crippen LogP contribution in [0.3, 0.4) is 0 Å². The van der Waals surface area contributed by atoms with Crippen molar-refractivity contribution in [2.24, 2.45) is 0 Å². The predicted molar refractivity (Wildman–Crippen MR) is 236 cm³/mol. The van der Waals surface area contributed by atoms with Crippen LogP contribution in [0, 0.1) is 29.8 Å². The quantitative estimate of drug-likeness (QED) is 0.127. The molecule has 6 aromatic carbocycles. The summed E-state index contributed by atoms with van der Waals surface area (Å²) in [6.45, 7) is 6.57. The molecule has 12 rings (SSSR count). The fraction of sp³-hybridized carbons (Fsp3) is 0.0769. The van der Waals surface area contributed by atoms with Gasteiger partial charge in [0, 0.05) is 60.1 Å². The first-order valence-corrected chi connectivity index (χ1v) is 19.9. The number of imidazole rings is 1. The minimum absolute atomic E-state index is 0. The van der Waals surface area contributed by atoms with E-state index in [9.17, 15) is 5.26 Å². The number of nitrogens with zero attached hydrogens (tertiary/aromatic N) is 7. The number of nitriles is 1. The van der Waals surface area contributed by atoms with E-state index in [2.05, 4.69) is 144 Å². The Balaban J connectivity index is 0.00000420. The number of pyridine rings is 2. The van der Waals surface area contributed by atoms with Crippen molar-refractivity contribution in [3.05, 3.63) is 175 Å². The van der Waals surface area contributed by atoms with Crippen molar-refractivity contribution >= 4 is 70.9 Å². The summed E-state index contributed by atoms with van der Waals surface area (Å²) in [6.07, 6.45) is 7.21. The molecule has 0 aliphatic carbocycles. The molecule has 9 heteroatoms. The van der Waals surface area contributed by atoms with Crippen molar-refractivity contribution in [3.8, 4) is 34.9 Å². The maximum Gasteiger partial charge on any atom is 0.269 e. The monoisotopic (exact) mass is 966 g/mol. The number of fused-ring (bicyclic) bond motifs is 10. The molecule has 0 saturated carbocycles. The third-order valence-corrected chi connectivity index (χ3v) is 11.7. The molecule has 0 N–H and O–H groups in total. The molecule has 0 aliphatic heterocycles. The van der Waals surface area contributed by atoms with E-state index in [1.54, 1.807) is 12.3 Å². The van der Waals surface area contributed by atoms with Gasteiger partial charge in [-0.3, -0.25) is 14.1 Å². The van der Waals surface area contributed by atoms with Crippen LogP contribution in [0.2, 0.25) is 0 Å². The number of aromatic nitrogens is 6. The van der Waals surface area contributed by atoms with Gasteiger partial charge in [-0.25, -0.2) is 4.98 Å². The Bertz CT molecular complexity index is 3690. The first-order valence-electron chi connectivity index (χ1n) is 19.9. The third kappa shape index (κ3) is 5.58. The molecular weight excluding hydrogens is 934 g/mol. The van der Waals surface area contributed by atoms with Crippen molar-refractivity contribution in [3.63, 3.8) is 0 Å². The average molecular weight is 967 g/mol. The van der Waals surface area contributed by atoms with Crippen LogP contribution in [0.15, 0.2) is 146 Å². The minimum Gasteiger partial charge on any atom is -0.522 e. The SMILES string of the molecule is CC(C)(C)c1ccnc(-n2c3[c-]c(Oc4[c-]c(-n5[c-][n+](-c6cc7c8ccccc8n8c9ccccc9c(c6)c78)c6ccccc65)ncc4)ccc3c3cc(C#N)ccc32)c1.[Pt]. The van der Waals surface area contributed by atoms with E-state index in [-0.39, 0.29) is 26.5 Å². The van der Waals surface area contributed by atoms with Crippen LogP contribution in [-0.4, -0.2) is 23.5 Å². The van der Waals surface area contributed by atoms with Gasteiger partial charge in [-0.15, -0.1) is 17.5 Å². The van der Waals surface area contributed by atoms with Crippen molar-refractivity contribution < 1.29 is 30.4 Å². The topological polar surface area (TPSA) is 76.9 Å². The largest absolute Gasteiger partial charge is 0.522 e. The summed E-state index contributed by atoms with van der Waals surface area (Å²) in [4.78, 5) is 9.58. The number of benzene rings is 6. The first-order chi connectivity index (χ1) is 29.3. The van der Waals surface area contributed by atoms with Crippen LogP contribution < -0.4 is 9.30 Å². The molecular formula is C52H33N7OPt-2. The van der Waals surface area contributed by atoms with Gasteiger partial charge in [-0.05, 0) is 76.7 Å². The average Bonchev–Trinajstić information content (AvgIpc) is 4.02. The molecule has 0 amide bonds. The Morgan fingerprint density at radius 2 is 1.33 bits per heavy atom. The third-order valence-electron chi connectivity index (χ3n) is 11.7. The molecule has 0 atom stereocenters. The summed E-state index contributed by atoms with van der Waals surface area (Å²) in [7, 11) is 0. The van der Waals surface area contributed by atoms with Gasteiger partial charge in [0.25, 0.3) is 6.33 Å². The number of para-hydroxylation sites is 4. The van der Waals surface area contributed by atoms with E-state index in [1.807, 2.05) is 53.2 Å². The summed E-state index contributed by atoms with van der Waals surface area (Å²) in [6, 6.07) is 55.0. The van der Waals surface area contributed by atoms with Crippen molar-refractivity contribution in [1.82, 2.24) is 23.5 Å². The molecule has 294 valence electrons. The van der Waals surface area contributed by atoms with Gasteiger partial charge in [-0.1, -0.05) is 93.1 Å². The summed E-state index contributed by atoms with van der Waals surface area (Å²) in [5, 5.41) is 16.5. The van der Waals surface area contributed by atoms with Crippen LogP contribution >= 0.6 is 0 Å². The molecule has 6 aromatic heterocycles. The zero-order chi connectivity index (χ0) is 40.3. The second-order valence-corrected chi connectivity index (χ2v) is 16.3. The normalized spacial score (nSPS) is 12.0. The van der Waals surface area contributed by atoms with E-state index < -0.39 is 0 Å². The van der Waals surface area contributed by atoms with E-state index >= 15 is 0 Å². The maximum absolute atomic E-state index is 9.76. The molecule has 0 spiro atoms. The van der Waals surface area contributed by atoms with Gasteiger partial charge >= 0.3 is 0 Å². The predicted octanol–water partition coefficient (Wildman–Crippen LogP) is 11.3. The Labute approximate surface area is 364 Å². The van der Waals surface area contributed by atoms with Crippen molar-refractivity contribution in [2.45, 2.75) is 26.2 Å². The second kappa shape index (κ2) is 13.6. The molecule has 61 heavy (non-hydrogen) atoms. The maximum atomic E-state index is 9.76. The van der Waals surface area contributed by atoms with Crippen LogP contribution in [0.5, 0.6) is 11.5 Å². The molecule has 0 radical (unpaired) electrons. The molecule has 0 bridgehead atoms. The number of ether oxygens (including phenoxy) is 1. The van der Waals surface area contributed by atoms with Crippen LogP contribution in [0.1, 0.15) is 31.9 Å². The zero-order valence-electron chi connectivity index (χ0n) is 33.2. The summed E-state index contributed by atoms with van der Waals surface area (Å²) < 4.78 is 15.1. The fourth-order valence-corrected chi connectivity index (χ4v) is 8.92. The fourth-order valence-electron chi connectivity index (χ4n) is 8.92. The molecule has 0 aliphatic rings. The molecule has 0 unspecified atom stereocenters. The number of hydrogen-bond acceptors (Lipinski definition) is 4. The Kier molecular flexibility index (Phi) is 8.19. The molecule has 0 saturated heterocycles. The summed E-state index contributed by atoms with van der Waals surface area (Å²) in [5.74, 6) is 2.30. The van der Waals surface area contributed by atoms with Crippen molar-refractivity contribution in [2.75, 3.05) is 0 Å². The second-order valence-electron chi connectivity index (χ2n) is 16.3. The number of hydrogen-bond donors (Lipinski definition) is 0. The van der Waals surface area contributed by atoms with E-state index in [4.69, 9.17) is 14.7 Å². The first kappa shape index (κ1) is 36.7. The van der Waals surface area contributed by atoms with Crippen LogP contribution in [-0.2, 0) is 26.5 Å². The summed E-state index contributed by atoms with van der Waals surface area (Å²) in [5.41, 5.74) is 9.93. The standard InChI is InChI=1S/C52H33N7O.Pt/c1-52(2,3)33-20-22-55-50(25-33)58-45-19-16-32(30-53)24-40(45)39-18-17-35(28-48(39)58)60-36-21-23-54-49(29-36)57-31-56(46-14-8-9-15-47(46)57)34-26-41-37-10-4-6-12-43(37)59-44-13-7-5-11-38(44)42(27-34)51(41)59;/h4-27H,1-3H3;/q-2;. The van der Waals surface area contributed by atoms with E-state index in [1.165, 1.54) is 38.1 Å². The van der Waals surface area contributed by atoms with Gasteiger partial charge in [0.05, 0.1) is 50.7 Å². The molecule has 8 nitrogen and oxygen atoms in total. The van der Waals surface area contributed by atoms with Gasteiger partial charge in [-0.2, -0.15) is 23.5 Å². The van der Waals surface area contributed by atoms with E-state index in [0.29, 0.717) is 22.9 Å². The summed E-state index contributed by atoms with van der Waals surface area (Å²) >= 11 is 0. The van der Waals surface area contributed by atoms with Crippen LogP contribution in [0.4, 0.5) is 0 Å². The smallest absolute Gasteiger partial charge is 0.269 e.